The van der Waals surface area contributed by atoms with Crippen molar-refractivity contribution < 1.29 is 19.1 Å². The molecule has 1 aromatic heterocycles. The van der Waals surface area contributed by atoms with Crippen LogP contribution < -0.4 is 4.74 Å². The number of hydrogen-bond donors (Lipinski definition) is 0. The van der Waals surface area contributed by atoms with Crippen molar-refractivity contribution in [1.82, 2.24) is 9.47 Å². The summed E-state index contributed by atoms with van der Waals surface area (Å²) >= 11 is 0. The maximum atomic E-state index is 12.6. The third-order valence-electron chi connectivity index (χ3n) is 5.38. The molecule has 0 fully saturated rings. The third-order valence-corrected chi connectivity index (χ3v) is 5.38. The Labute approximate surface area is 189 Å². The predicted molar refractivity (Wildman–Crippen MR) is 124 cm³/mol. The molecular weight excluding hydrogens is 404 g/mol. The molecule has 0 saturated heterocycles. The Kier molecular flexibility index (Phi) is 7.71. The van der Waals surface area contributed by atoms with Crippen LogP contribution in [-0.4, -0.2) is 41.6 Å². The van der Waals surface area contributed by atoms with Gasteiger partial charge in [0.25, 0.3) is 5.91 Å². The van der Waals surface area contributed by atoms with Crippen LogP contribution in [0.4, 0.5) is 0 Å². The lowest BCUT2D eigenvalue weighted by atomic mass is 10.2. The van der Waals surface area contributed by atoms with E-state index >= 15 is 0 Å². The minimum absolute atomic E-state index is 0.259. The Hall–Kier alpha value is -3.54. The highest BCUT2D eigenvalue weighted by Crippen LogP contribution is 2.18. The lowest BCUT2D eigenvalue weighted by molar-refractivity contribution is -0.133. The molecule has 0 aliphatic rings. The van der Waals surface area contributed by atoms with Crippen LogP contribution in [0.15, 0.2) is 60.7 Å². The van der Waals surface area contributed by atoms with Crippen LogP contribution in [0.2, 0.25) is 0 Å². The van der Waals surface area contributed by atoms with Crippen LogP contribution in [0.25, 0.3) is 0 Å². The fraction of sp³-hybridized carbons (Fsp3) is 0.308. The molecule has 0 unspecified atom stereocenters. The minimum atomic E-state index is -0.486. The monoisotopic (exact) mass is 434 g/mol. The van der Waals surface area contributed by atoms with Crippen LogP contribution in [-0.2, 0) is 22.6 Å². The van der Waals surface area contributed by atoms with Gasteiger partial charge in [-0.25, -0.2) is 4.79 Å². The Balaban J connectivity index is 1.56. The molecule has 32 heavy (non-hydrogen) atoms. The molecule has 0 aliphatic carbocycles. The summed E-state index contributed by atoms with van der Waals surface area (Å²) < 4.78 is 12.8. The van der Waals surface area contributed by atoms with Crippen molar-refractivity contribution >= 4 is 11.9 Å². The second-order valence-corrected chi connectivity index (χ2v) is 7.76. The predicted octanol–water partition coefficient (Wildman–Crippen LogP) is 4.37. The van der Waals surface area contributed by atoms with Gasteiger partial charge in [0.05, 0.1) is 12.2 Å². The van der Waals surface area contributed by atoms with Gasteiger partial charge in [0.1, 0.15) is 5.75 Å². The van der Waals surface area contributed by atoms with E-state index in [0.29, 0.717) is 25.3 Å². The summed E-state index contributed by atoms with van der Waals surface area (Å²) in [5.41, 5.74) is 4.41. The topological polar surface area (TPSA) is 60.8 Å². The van der Waals surface area contributed by atoms with Crippen molar-refractivity contribution in [3.8, 4) is 5.75 Å². The molecule has 1 amide bonds. The van der Waals surface area contributed by atoms with Crippen molar-refractivity contribution in [2.45, 2.75) is 33.9 Å². The van der Waals surface area contributed by atoms with Crippen LogP contribution in [0.5, 0.6) is 5.75 Å². The molecule has 0 saturated carbocycles. The molecule has 2 aromatic carbocycles. The maximum Gasteiger partial charge on any atom is 0.340 e. The summed E-state index contributed by atoms with van der Waals surface area (Å²) in [6.45, 7) is 7.20. The number of carbonyl (C=O) groups excluding carboxylic acids is 2. The molecule has 0 spiro atoms. The molecule has 0 aliphatic heterocycles. The summed E-state index contributed by atoms with van der Waals surface area (Å²) in [7, 11) is 1.69. The first-order valence-corrected chi connectivity index (χ1v) is 10.7. The molecule has 1 heterocycles. The zero-order chi connectivity index (χ0) is 23.1. The normalized spacial score (nSPS) is 10.6. The highest BCUT2D eigenvalue weighted by atomic mass is 16.5. The number of esters is 1. The largest absolute Gasteiger partial charge is 0.494 e. The van der Waals surface area contributed by atoms with Crippen LogP contribution in [0.1, 0.15) is 39.8 Å². The molecule has 6 heteroatoms. The zero-order valence-electron chi connectivity index (χ0n) is 19.1. The molecule has 168 valence electrons. The van der Waals surface area contributed by atoms with Gasteiger partial charge in [-0.05, 0) is 50.1 Å². The Bertz CT molecular complexity index is 1060. The molecule has 0 radical (unpaired) electrons. The fourth-order valence-electron chi connectivity index (χ4n) is 3.55. The zero-order valence-corrected chi connectivity index (χ0v) is 19.1. The van der Waals surface area contributed by atoms with Gasteiger partial charge in [-0.15, -0.1) is 0 Å². The van der Waals surface area contributed by atoms with Gasteiger partial charge in [-0.2, -0.15) is 0 Å². The van der Waals surface area contributed by atoms with E-state index in [4.69, 9.17) is 9.47 Å². The molecule has 0 atom stereocenters. The molecular formula is C26H30N2O4. The Morgan fingerprint density at radius 1 is 0.969 bits per heavy atom. The average molecular weight is 435 g/mol. The molecule has 0 N–H and O–H groups in total. The maximum absolute atomic E-state index is 12.6. The number of rotatable bonds is 9. The van der Waals surface area contributed by atoms with Crippen molar-refractivity contribution in [2.24, 2.45) is 0 Å². The summed E-state index contributed by atoms with van der Waals surface area (Å²) in [6, 6.07) is 19.5. The third kappa shape index (κ3) is 5.78. The summed E-state index contributed by atoms with van der Waals surface area (Å²) in [6.07, 6.45) is 0. The average Bonchev–Trinajstić information content (AvgIpc) is 3.07. The molecule has 3 aromatic rings. The fourth-order valence-corrected chi connectivity index (χ4v) is 3.55. The van der Waals surface area contributed by atoms with Crippen molar-refractivity contribution in [3.63, 3.8) is 0 Å². The SMILES string of the molecule is CCOc1ccc(CN(C)C(=O)COC(=O)c2cc(C)n(Cc3ccccc3)c2C)cc1. The van der Waals surface area contributed by atoms with Crippen LogP contribution >= 0.6 is 0 Å². The standard InChI is InChI=1S/C26H30N2O4/c1-5-31-23-13-11-22(12-14-23)16-27(4)25(29)18-32-26(30)24-15-19(2)28(20(24)3)17-21-9-7-6-8-10-21/h6-15H,5,16-18H2,1-4H3. The second-order valence-electron chi connectivity index (χ2n) is 7.76. The van der Waals surface area contributed by atoms with E-state index in [2.05, 4.69) is 16.7 Å². The number of hydrogen-bond acceptors (Lipinski definition) is 4. The van der Waals surface area contributed by atoms with E-state index in [1.165, 1.54) is 0 Å². The number of aromatic nitrogens is 1. The van der Waals surface area contributed by atoms with Crippen molar-refractivity contribution in [1.29, 1.82) is 0 Å². The number of likely N-dealkylation sites (N-methyl/N-ethyl adjacent to an activating group) is 1. The first-order valence-electron chi connectivity index (χ1n) is 10.7. The number of aryl methyl sites for hydroxylation is 1. The first kappa shape index (κ1) is 23.1. The smallest absolute Gasteiger partial charge is 0.340 e. The quantitative estimate of drug-likeness (QED) is 0.469. The van der Waals surface area contributed by atoms with E-state index in [9.17, 15) is 9.59 Å². The minimum Gasteiger partial charge on any atom is -0.494 e. The van der Waals surface area contributed by atoms with Crippen molar-refractivity contribution in [3.05, 3.63) is 88.7 Å². The van der Waals surface area contributed by atoms with E-state index < -0.39 is 5.97 Å². The number of nitrogens with zero attached hydrogens (tertiary/aromatic N) is 2. The summed E-state index contributed by atoms with van der Waals surface area (Å²) in [5.74, 6) is 0.0505. The Morgan fingerprint density at radius 3 is 2.31 bits per heavy atom. The van der Waals surface area contributed by atoms with Gasteiger partial charge in [0.2, 0.25) is 0 Å². The van der Waals surface area contributed by atoms with Gasteiger partial charge in [0.15, 0.2) is 6.61 Å². The van der Waals surface area contributed by atoms with Gasteiger partial charge in [-0.3, -0.25) is 4.79 Å². The molecule has 3 rings (SSSR count). The first-order chi connectivity index (χ1) is 15.4. The van der Waals surface area contributed by atoms with Crippen LogP contribution in [0.3, 0.4) is 0 Å². The van der Waals surface area contributed by atoms with Gasteiger partial charge in [0, 0.05) is 31.5 Å². The van der Waals surface area contributed by atoms with E-state index in [-0.39, 0.29) is 12.5 Å². The van der Waals surface area contributed by atoms with Gasteiger partial charge >= 0.3 is 5.97 Å². The highest BCUT2D eigenvalue weighted by Gasteiger charge is 2.19. The lowest BCUT2D eigenvalue weighted by Gasteiger charge is -2.17. The number of carbonyl (C=O) groups is 2. The number of ether oxygens (including phenoxy) is 2. The highest BCUT2D eigenvalue weighted by molar-refractivity contribution is 5.92. The second kappa shape index (κ2) is 10.7. The van der Waals surface area contributed by atoms with Crippen LogP contribution in [0, 0.1) is 13.8 Å². The van der Waals surface area contributed by atoms with Crippen molar-refractivity contribution in [2.75, 3.05) is 20.3 Å². The summed E-state index contributed by atoms with van der Waals surface area (Å²) in [4.78, 5) is 26.7. The summed E-state index contributed by atoms with van der Waals surface area (Å²) in [5, 5.41) is 0. The lowest BCUT2D eigenvalue weighted by Crippen LogP contribution is -2.30. The van der Waals surface area contributed by atoms with E-state index in [0.717, 1.165) is 28.3 Å². The van der Waals surface area contributed by atoms with E-state index in [1.807, 2.05) is 69.3 Å². The van der Waals surface area contributed by atoms with Gasteiger partial charge in [-0.1, -0.05) is 42.5 Å². The van der Waals surface area contributed by atoms with Gasteiger partial charge < -0.3 is 18.9 Å². The van der Waals surface area contributed by atoms with E-state index in [1.54, 1.807) is 11.9 Å². The Morgan fingerprint density at radius 2 is 1.66 bits per heavy atom. The number of benzene rings is 2. The number of amides is 1. The molecule has 6 nitrogen and oxygen atoms in total. The molecule has 0 bridgehead atoms.